The second-order valence-corrected chi connectivity index (χ2v) is 8.46. The Morgan fingerprint density at radius 2 is 2.00 bits per heavy atom. The standard InChI is InChI=1S/C20H18N2O3S2/c1-26-18-10-9-16(27-18)19-21-15-4-2-3-14(15)20(22-19)25-13-7-5-12(6-8-13)11-17(23)24/h5-10H,2-4,11H2,1H3,(H,23,24). The van der Waals surface area contributed by atoms with Gasteiger partial charge in [-0.15, -0.1) is 23.1 Å². The van der Waals surface area contributed by atoms with Crippen LogP contribution in [0.5, 0.6) is 11.6 Å². The minimum atomic E-state index is -0.845. The van der Waals surface area contributed by atoms with Crippen molar-refractivity contribution in [1.82, 2.24) is 9.97 Å². The average molecular weight is 399 g/mol. The fourth-order valence-electron chi connectivity index (χ4n) is 3.10. The summed E-state index contributed by atoms with van der Waals surface area (Å²) < 4.78 is 7.30. The number of thiophene rings is 1. The highest BCUT2D eigenvalue weighted by atomic mass is 32.2. The number of carboxylic acid groups (broad SMARTS) is 1. The molecule has 2 heterocycles. The van der Waals surface area contributed by atoms with Crippen LogP contribution in [-0.2, 0) is 24.1 Å². The number of aromatic nitrogens is 2. The first-order valence-electron chi connectivity index (χ1n) is 8.65. The highest BCUT2D eigenvalue weighted by Gasteiger charge is 2.22. The van der Waals surface area contributed by atoms with Crippen molar-refractivity contribution in [3.8, 4) is 22.3 Å². The van der Waals surface area contributed by atoms with E-state index in [1.807, 2.05) is 0 Å². The van der Waals surface area contributed by atoms with Crippen LogP contribution >= 0.6 is 23.1 Å². The molecule has 0 spiro atoms. The van der Waals surface area contributed by atoms with E-state index >= 15 is 0 Å². The van der Waals surface area contributed by atoms with Crippen molar-refractivity contribution in [1.29, 1.82) is 0 Å². The second kappa shape index (κ2) is 7.70. The van der Waals surface area contributed by atoms with E-state index in [2.05, 4.69) is 18.4 Å². The van der Waals surface area contributed by atoms with Crippen LogP contribution in [0, 0.1) is 0 Å². The minimum absolute atomic E-state index is 0.00346. The van der Waals surface area contributed by atoms with Crippen molar-refractivity contribution >= 4 is 29.1 Å². The van der Waals surface area contributed by atoms with E-state index in [9.17, 15) is 4.79 Å². The van der Waals surface area contributed by atoms with Gasteiger partial charge >= 0.3 is 5.97 Å². The molecule has 7 heteroatoms. The Hall–Kier alpha value is -2.38. The van der Waals surface area contributed by atoms with Gasteiger partial charge in [-0.3, -0.25) is 4.79 Å². The van der Waals surface area contributed by atoms with E-state index in [1.165, 1.54) is 4.21 Å². The number of carbonyl (C=O) groups is 1. The molecular weight excluding hydrogens is 380 g/mol. The number of benzene rings is 1. The first-order chi connectivity index (χ1) is 13.1. The number of ether oxygens (including phenoxy) is 1. The first-order valence-corrected chi connectivity index (χ1v) is 10.7. The van der Waals surface area contributed by atoms with Crippen LogP contribution in [0.2, 0.25) is 0 Å². The van der Waals surface area contributed by atoms with Crippen LogP contribution in [0.25, 0.3) is 10.7 Å². The zero-order chi connectivity index (χ0) is 18.8. The number of thioether (sulfide) groups is 1. The molecule has 0 amide bonds. The maximum atomic E-state index is 10.8. The topological polar surface area (TPSA) is 72.3 Å². The Kier molecular flexibility index (Phi) is 5.13. The van der Waals surface area contributed by atoms with Crippen molar-refractivity contribution in [3.63, 3.8) is 0 Å². The SMILES string of the molecule is CSc1ccc(-c2nc3c(c(Oc4ccc(CC(=O)O)cc4)n2)CCC3)s1. The lowest BCUT2D eigenvalue weighted by atomic mass is 10.1. The average Bonchev–Trinajstić information content (AvgIpc) is 3.32. The number of rotatable bonds is 6. The van der Waals surface area contributed by atoms with Gasteiger partial charge in [0.25, 0.3) is 0 Å². The summed E-state index contributed by atoms with van der Waals surface area (Å²) in [6, 6.07) is 11.3. The zero-order valence-electron chi connectivity index (χ0n) is 14.8. The van der Waals surface area contributed by atoms with Crippen molar-refractivity contribution in [2.75, 3.05) is 6.26 Å². The van der Waals surface area contributed by atoms with E-state index in [-0.39, 0.29) is 6.42 Å². The molecule has 1 N–H and O–H groups in total. The highest BCUT2D eigenvalue weighted by Crippen LogP contribution is 2.36. The molecule has 0 atom stereocenters. The third-order valence-corrected chi connectivity index (χ3v) is 6.56. The van der Waals surface area contributed by atoms with Gasteiger partial charge in [0, 0.05) is 5.56 Å². The summed E-state index contributed by atoms with van der Waals surface area (Å²) in [5, 5.41) is 8.89. The normalized spacial score (nSPS) is 12.8. The van der Waals surface area contributed by atoms with E-state index in [0.717, 1.165) is 41.0 Å². The van der Waals surface area contributed by atoms with Crippen LogP contribution in [-0.4, -0.2) is 27.3 Å². The van der Waals surface area contributed by atoms with Gasteiger partial charge in [-0.1, -0.05) is 12.1 Å². The number of carboxylic acids is 1. The molecular formula is C20H18N2O3S2. The molecule has 138 valence electrons. The first kappa shape index (κ1) is 18.0. The Morgan fingerprint density at radius 1 is 1.19 bits per heavy atom. The Bertz CT molecular complexity index is 983. The fraction of sp³-hybridized carbons (Fsp3) is 0.250. The third kappa shape index (κ3) is 3.99. The summed E-state index contributed by atoms with van der Waals surface area (Å²) in [5.41, 5.74) is 2.89. The quantitative estimate of drug-likeness (QED) is 0.599. The predicted octanol–water partition coefficient (Wildman–Crippen LogP) is 4.84. The molecule has 0 saturated heterocycles. The molecule has 3 aromatic rings. The number of aliphatic carboxylic acids is 1. The molecule has 0 aliphatic heterocycles. The summed E-state index contributed by atoms with van der Waals surface area (Å²) >= 11 is 3.39. The minimum Gasteiger partial charge on any atom is -0.481 e. The maximum Gasteiger partial charge on any atom is 0.307 e. The van der Waals surface area contributed by atoms with Crippen LogP contribution in [0.4, 0.5) is 0 Å². The van der Waals surface area contributed by atoms with Gasteiger partial charge in [0.15, 0.2) is 5.82 Å². The predicted molar refractivity (Wildman–Crippen MR) is 107 cm³/mol. The lowest BCUT2D eigenvalue weighted by molar-refractivity contribution is -0.136. The summed E-state index contributed by atoms with van der Waals surface area (Å²) in [6.07, 6.45) is 4.98. The largest absolute Gasteiger partial charge is 0.481 e. The molecule has 1 aromatic carbocycles. The Labute approximate surface area is 165 Å². The van der Waals surface area contributed by atoms with Gasteiger partial charge in [0.2, 0.25) is 5.88 Å². The number of nitrogens with zero attached hydrogens (tertiary/aromatic N) is 2. The summed E-state index contributed by atoms with van der Waals surface area (Å²) in [5.74, 6) is 1.12. The van der Waals surface area contributed by atoms with E-state index in [1.54, 1.807) is 47.4 Å². The van der Waals surface area contributed by atoms with Gasteiger partial charge in [0.05, 0.1) is 21.2 Å². The summed E-state index contributed by atoms with van der Waals surface area (Å²) in [7, 11) is 0. The van der Waals surface area contributed by atoms with Gasteiger partial charge < -0.3 is 9.84 Å². The van der Waals surface area contributed by atoms with Crippen molar-refractivity contribution in [2.45, 2.75) is 29.9 Å². The Morgan fingerprint density at radius 3 is 2.70 bits per heavy atom. The molecule has 0 fully saturated rings. The van der Waals surface area contributed by atoms with Crippen LogP contribution < -0.4 is 4.74 Å². The summed E-state index contributed by atoms with van der Waals surface area (Å²) in [6.45, 7) is 0. The molecule has 0 unspecified atom stereocenters. The monoisotopic (exact) mass is 398 g/mol. The molecule has 4 rings (SSSR count). The van der Waals surface area contributed by atoms with Gasteiger partial charge in [-0.2, -0.15) is 4.98 Å². The third-order valence-electron chi connectivity index (χ3n) is 4.39. The number of hydrogen-bond acceptors (Lipinski definition) is 6. The van der Waals surface area contributed by atoms with Gasteiger partial charge in [-0.25, -0.2) is 4.98 Å². The van der Waals surface area contributed by atoms with E-state index in [4.69, 9.17) is 19.8 Å². The smallest absolute Gasteiger partial charge is 0.307 e. The second-order valence-electron chi connectivity index (χ2n) is 6.27. The molecule has 27 heavy (non-hydrogen) atoms. The van der Waals surface area contributed by atoms with E-state index < -0.39 is 5.97 Å². The van der Waals surface area contributed by atoms with Gasteiger partial charge in [0.1, 0.15) is 5.75 Å². The fourth-order valence-corrected chi connectivity index (χ4v) is 4.58. The van der Waals surface area contributed by atoms with Gasteiger partial charge in [-0.05, 0) is 55.3 Å². The molecule has 0 saturated carbocycles. The Balaban J connectivity index is 1.64. The maximum absolute atomic E-state index is 10.8. The molecule has 2 aromatic heterocycles. The van der Waals surface area contributed by atoms with Crippen LogP contribution in [0.15, 0.2) is 40.6 Å². The molecule has 0 bridgehead atoms. The lowest BCUT2D eigenvalue weighted by Gasteiger charge is -2.11. The van der Waals surface area contributed by atoms with Crippen molar-refractivity contribution in [3.05, 3.63) is 53.2 Å². The molecule has 0 radical (unpaired) electrons. The van der Waals surface area contributed by atoms with Crippen molar-refractivity contribution in [2.24, 2.45) is 0 Å². The lowest BCUT2D eigenvalue weighted by Crippen LogP contribution is -2.01. The number of aryl methyl sites for hydroxylation is 1. The molecule has 5 nitrogen and oxygen atoms in total. The number of hydrogen-bond donors (Lipinski definition) is 1. The highest BCUT2D eigenvalue weighted by molar-refractivity contribution is 8.00. The molecule has 1 aliphatic carbocycles. The summed E-state index contributed by atoms with van der Waals surface area (Å²) in [4.78, 5) is 21.3. The molecule has 1 aliphatic rings. The van der Waals surface area contributed by atoms with Crippen LogP contribution in [0.3, 0.4) is 0 Å². The van der Waals surface area contributed by atoms with Crippen molar-refractivity contribution < 1.29 is 14.6 Å². The zero-order valence-corrected chi connectivity index (χ0v) is 16.4. The number of fused-ring (bicyclic) bond motifs is 1. The van der Waals surface area contributed by atoms with E-state index in [0.29, 0.717) is 17.5 Å². The van der Waals surface area contributed by atoms with Crippen LogP contribution in [0.1, 0.15) is 23.2 Å².